The molecular weight excluding hydrogens is 183 g/mol. The Morgan fingerprint density at radius 3 is 2.93 bits per heavy atom. The molecule has 5 heteroatoms. The van der Waals surface area contributed by atoms with Crippen molar-refractivity contribution < 1.29 is 4.39 Å². The first-order chi connectivity index (χ1) is 6.79. The molecule has 0 amide bonds. The van der Waals surface area contributed by atoms with Crippen LogP contribution in [0.25, 0.3) is 5.69 Å². The first-order valence-corrected chi connectivity index (χ1v) is 4.15. The van der Waals surface area contributed by atoms with Gasteiger partial charge in [0.15, 0.2) is 0 Å². The zero-order chi connectivity index (χ0) is 9.97. The monoisotopic (exact) mass is 192 g/mol. The molecule has 0 spiro atoms. The molecule has 0 aliphatic rings. The van der Waals surface area contributed by atoms with Crippen molar-refractivity contribution in [3.8, 4) is 5.69 Å². The molecule has 0 bridgehead atoms. The van der Waals surface area contributed by atoms with Gasteiger partial charge in [0.05, 0.1) is 23.8 Å². The van der Waals surface area contributed by atoms with Crippen LogP contribution in [0.2, 0.25) is 0 Å². The average molecular weight is 192 g/mol. The molecule has 2 aromatic rings. The van der Waals surface area contributed by atoms with Gasteiger partial charge >= 0.3 is 0 Å². The molecule has 0 fully saturated rings. The fraction of sp³-hybridized carbons (Fsp3) is 0.111. The fourth-order valence-corrected chi connectivity index (χ4v) is 1.14. The first-order valence-electron chi connectivity index (χ1n) is 4.15. The summed E-state index contributed by atoms with van der Waals surface area (Å²) in [5.41, 5.74) is 6.75. The van der Waals surface area contributed by atoms with E-state index in [9.17, 15) is 4.39 Å². The van der Waals surface area contributed by atoms with E-state index < -0.39 is 0 Å². The molecule has 14 heavy (non-hydrogen) atoms. The number of rotatable bonds is 2. The molecule has 0 atom stereocenters. The smallest absolute Gasteiger partial charge is 0.143 e. The maximum Gasteiger partial charge on any atom is 0.143 e. The Labute approximate surface area is 80.2 Å². The summed E-state index contributed by atoms with van der Waals surface area (Å²) in [5.74, 6) is -0.382. The number of hydrogen-bond donors (Lipinski definition) is 1. The lowest BCUT2D eigenvalue weighted by Crippen LogP contribution is -2.01. The summed E-state index contributed by atoms with van der Waals surface area (Å²) in [5, 5.41) is 4.13. The number of halogens is 1. The van der Waals surface area contributed by atoms with Gasteiger partial charge in [0.25, 0.3) is 0 Å². The van der Waals surface area contributed by atoms with E-state index in [0.29, 0.717) is 12.2 Å². The van der Waals surface area contributed by atoms with Gasteiger partial charge in [0.1, 0.15) is 5.82 Å². The number of hydrogen-bond acceptors (Lipinski definition) is 3. The van der Waals surface area contributed by atoms with Crippen molar-refractivity contribution in [2.75, 3.05) is 0 Å². The van der Waals surface area contributed by atoms with Gasteiger partial charge in [-0.3, -0.25) is 4.98 Å². The van der Waals surface area contributed by atoms with Gasteiger partial charge < -0.3 is 5.73 Å². The Morgan fingerprint density at radius 2 is 2.29 bits per heavy atom. The normalized spacial score (nSPS) is 10.4. The van der Waals surface area contributed by atoms with E-state index in [1.807, 2.05) is 0 Å². The number of nitrogens with two attached hydrogens (primary N) is 1. The first kappa shape index (κ1) is 8.83. The molecule has 2 rings (SSSR count). The van der Waals surface area contributed by atoms with Crippen LogP contribution in [0.5, 0.6) is 0 Å². The minimum absolute atomic E-state index is 0.371. The fourth-order valence-electron chi connectivity index (χ4n) is 1.14. The molecule has 0 aliphatic heterocycles. The molecule has 2 aromatic heterocycles. The molecule has 72 valence electrons. The van der Waals surface area contributed by atoms with E-state index in [1.165, 1.54) is 16.9 Å². The highest BCUT2D eigenvalue weighted by Crippen LogP contribution is 2.07. The van der Waals surface area contributed by atoms with Gasteiger partial charge in [0, 0.05) is 18.8 Å². The zero-order valence-electron chi connectivity index (χ0n) is 7.39. The lowest BCUT2D eigenvalue weighted by molar-refractivity contribution is 0.618. The lowest BCUT2D eigenvalue weighted by Gasteiger charge is -1.99. The Hall–Kier alpha value is -1.75. The third-order valence-electron chi connectivity index (χ3n) is 1.81. The van der Waals surface area contributed by atoms with Crippen LogP contribution < -0.4 is 5.73 Å². The number of nitrogens with zero attached hydrogens (tertiary/aromatic N) is 3. The standard InChI is InChI=1S/C9H9FN4/c10-7-3-9(6-12-5-7)14-2-1-8(4-11)13-14/h1-3,5-6H,4,11H2. The van der Waals surface area contributed by atoms with E-state index in [1.54, 1.807) is 12.3 Å². The van der Waals surface area contributed by atoms with Crippen LogP contribution in [0.1, 0.15) is 5.69 Å². The third-order valence-corrected chi connectivity index (χ3v) is 1.81. The van der Waals surface area contributed by atoms with Crippen molar-refractivity contribution in [2.45, 2.75) is 6.54 Å². The van der Waals surface area contributed by atoms with Crippen LogP contribution in [0.4, 0.5) is 4.39 Å². The molecule has 0 radical (unpaired) electrons. The van der Waals surface area contributed by atoms with Crippen molar-refractivity contribution >= 4 is 0 Å². The highest BCUT2D eigenvalue weighted by Gasteiger charge is 2.00. The van der Waals surface area contributed by atoms with Crippen LogP contribution >= 0.6 is 0 Å². The molecule has 2 N–H and O–H groups in total. The van der Waals surface area contributed by atoms with Crippen molar-refractivity contribution in [1.82, 2.24) is 14.8 Å². The van der Waals surface area contributed by atoms with E-state index in [-0.39, 0.29) is 5.82 Å². The van der Waals surface area contributed by atoms with Crippen LogP contribution in [0, 0.1) is 5.82 Å². The lowest BCUT2D eigenvalue weighted by atomic mass is 10.4. The third kappa shape index (κ3) is 1.62. The Balaban J connectivity index is 2.39. The molecular formula is C9H9FN4. The van der Waals surface area contributed by atoms with Crippen molar-refractivity contribution in [3.63, 3.8) is 0 Å². The summed E-state index contributed by atoms with van der Waals surface area (Å²) < 4.78 is 14.4. The number of pyridine rings is 1. The van der Waals surface area contributed by atoms with Crippen LogP contribution in [-0.2, 0) is 6.54 Å². The SMILES string of the molecule is NCc1ccn(-c2cncc(F)c2)n1. The Bertz CT molecular complexity index is 438. The maximum absolute atomic E-state index is 12.8. The van der Waals surface area contributed by atoms with E-state index in [0.717, 1.165) is 11.9 Å². The van der Waals surface area contributed by atoms with Crippen LogP contribution in [0.3, 0.4) is 0 Å². The van der Waals surface area contributed by atoms with Gasteiger partial charge in [-0.1, -0.05) is 0 Å². The second kappa shape index (κ2) is 3.55. The van der Waals surface area contributed by atoms with Gasteiger partial charge in [-0.05, 0) is 6.07 Å². The molecule has 4 nitrogen and oxygen atoms in total. The Kier molecular flexibility index (Phi) is 2.24. The van der Waals surface area contributed by atoms with E-state index >= 15 is 0 Å². The van der Waals surface area contributed by atoms with Crippen molar-refractivity contribution in [1.29, 1.82) is 0 Å². The molecule has 0 unspecified atom stereocenters. The molecule has 0 aromatic carbocycles. The summed E-state index contributed by atoms with van der Waals surface area (Å²) in [6.45, 7) is 0.371. The maximum atomic E-state index is 12.8. The van der Waals surface area contributed by atoms with Gasteiger partial charge in [0.2, 0.25) is 0 Å². The zero-order valence-corrected chi connectivity index (χ0v) is 7.39. The number of aromatic nitrogens is 3. The van der Waals surface area contributed by atoms with Gasteiger partial charge in [-0.25, -0.2) is 9.07 Å². The van der Waals surface area contributed by atoms with Crippen LogP contribution in [0.15, 0.2) is 30.7 Å². The minimum atomic E-state index is -0.382. The molecule has 2 heterocycles. The second-order valence-electron chi connectivity index (χ2n) is 2.82. The topological polar surface area (TPSA) is 56.7 Å². The van der Waals surface area contributed by atoms with Crippen molar-refractivity contribution in [2.24, 2.45) is 5.73 Å². The summed E-state index contributed by atoms with van der Waals surface area (Å²) in [6, 6.07) is 3.14. The van der Waals surface area contributed by atoms with Gasteiger partial charge in [-0.2, -0.15) is 5.10 Å². The minimum Gasteiger partial charge on any atom is -0.325 e. The summed E-state index contributed by atoms with van der Waals surface area (Å²) >= 11 is 0. The van der Waals surface area contributed by atoms with E-state index in [4.69, 9.17) is 5.73 Å². The molecule has 0 saturated carbocycles. The summed E-state index contributed by atoms with van der Waals surface area (Å²) in [4.78, 5) is 3.73. The average Bonchev–Trinajstić information content (AvgIpc) is 2.66. The van der Waals surface area contributed by atoms with Crippen LogP contribution in [-0.4, -0.2) is 14.8 Å². The highest BCUT2D eigenvalue weighted by atomic mass is 19.1. The quantitative estimate of drug-likeness (QED) is 0.767. The highest BCUT2D eigenvalue weighted by molar-refractivity contribution is 5.27. The Morgan fingerprint density at radius 1 is 1.43 bits per heavy atom. The largest absolute Gasteiger partial charge is 0.325 e. The second-order valence-corrected chi connectivity index (χ2v) is 2.82. The molecule has 0 saturated heterocycles. The predicted octanol–water partition coefficient (Wildman–Crippen LogP) is 0.865. The van der Waals surface area contributed by atoms with Crippen molar-refractivity contribution in [3.05, 3.63) is 42.2 Å². The summed E-state index contributed by atoms with van der Waals surface area (Å²) in [7, 11) is 0. The summed E-state index contributed by atoms with van der Waals surface area (Å²) in [6.07, 6.45) is 4.41. The molecule has 0 aliphatic carbocycles. The predicted molar refractivity (Wildman–Crippen MR) is 49.2 cm³/mol. The van der Waals surface area contributed by atoms with E-state index in [2.05, 4.69) is 10.1 Å². The van der Waals surface area contributed by atoms with Gasteiger partial charge in [-0.15, -0.1) is 0 Å².